The number of nitrogens with zero attached hydrogens (tertiary/aromatic N) is 1. The van der Waals surface area contributed by atoms with Crippen LogP contribution in [0.4, 0.5) is 5.69 Å². The molecule has 0 fully saturated rings. The van der Waals surface area contributed by atoms with E-state index < -0.39 is 4.92 Å². The van der Waals surface area contributed by atoms with Crippen LogP contribution in [0.2, 0.25) is 0 Å². The molecule has 1 rings (SSSR count). The van der Waals surface area contributed by atoms with Gasteiger partial charge in [-0.3, -0.25) is 14.9 Å². The molecule has 17 heavy (non-hydrogen) atoms. The number of nitro groups is 1. The molecule has 0 aromatic heterocycles. The molecule has 6 nitrogen and oxygen atoms in total. The molecular weight excluding hydrogens is 222 g/mol. The second-order valence-electron chi connectivity index (χ2n) is 3.89. The maximum Gasteiger partial charge on any atom is 0.273 e. The summed E-state index contributed by atoms with van der Waals surface area (Å²) in [6.45, 7) is 3.65. The van der Waals surface area contributed by atoms with Crippen molar-refractivity contribution in [3.05, 3.63) is 39.4 Å². The Kier molecular flexibility index (Phi) is 4.17. The maximum atomic E-state index is 11.8. The first-order valence-corrected chi connectivity index (χ1v) is 5.21. The van der Waals surface area contributed by atoms with Crippen LogP contribution in [0.5, 0.6) is 0 Å². The van der Waals surface area contributed by atoms with Crippen LogP contribution >= 0.6 is 0 Å². The summed E-state index contributed by atoms with van der Waals surface area (Å²) in [7, 11) is 0. The second kappa shape index (κ2) is 5.40. The zero-order valence-corrected chi connectivity index (χ0v) is 9.77. The Balaban J connectivity index is 2.95. The molecule has 0 heterocycles. The van der Waals surface area contributed by atoms with Gasteiger partial charge in [-0.25, -0.2) is 0 Å². The van der Waals surface area contributed by atoms with Crippen molar-refractivity contribution < 1.29 is 9.72 Å². The number of carbonyl (C=O) groups excluding carboxylic acids is 1. The van der Waals surface area contributed by atoms with Gasteiger partial charge >= 0.3 is 0 Å². The third kappa shape index (κ3) is 3.25. The van der Waals surface area contributed by atoms with Crippen LogP contribution in [0.15, 0.2) is 18.2 Å². The maximum absolute atomic E-state index is 11.8. The van der Waals surface area contributed by atoms with Gasteiger partial charge in [0.25, 0.3) is 11.6 Å². The molecule has 1 amide bonds. The van der Waals surface area contributed by atoms with E-state index in [0.717, 1.165) is 0 Å². The van der Waals surface area contributed by atoms with Crippen LogP contribution in [0.1, 0.15) is 22.8 Å². The Hall–Kier alpha value is -1.95. The zero-order valence-electron chi connectivity index (χ0n) is 9.77. The summed E-state index contributed by atoms with van der Waals surface area (Å²) in [6, 6.07) is 4.26. The molecule has 0 saturated carbocycles. The van der Waals surface area contributed by atoms with Gasteiger partial charge in [0, 0.05) is 29.8 Å². The van der Waals surface area contributed by atoms with Crippen molar-refractivity contribution in [2.45, 2.75) is 19.9 Å². The van der Waals surface area contributed by atoms with Gasteiger partial charge in [-0.15, -0.1) is 0 Å². The average Bonchev–Trinajstić information content (AvgIpc) is 2.25. The molecule has 1 unspecified atom stereocenters. The van der Waals surface area contributed by atoms with E-state index in [1.165, 1.54) is 12.1 Å². The molecular formula is C11H15N3O3. The number of hydrogen-bond acceptors (Lipinski definition) is 4. The molecule has 0 radical (unpaired) electrons. The van der Waals surface area contributed by atoms with E-state index >= 15 is 0 Å². The lowest BCUT2D eigenvalue weighted by Crippen LogP contribution is -2.35. The third-order valence-electron chi connectivity index (χ3n) is 2.33. The minimum absolute atomic E-state index is 0.0570. The summed E-state index contributed by atoms with van der Waals surface area (Å²) in [5.41, 5.74) is 6.12. The fourth-order valence-electron chi connectivity index (χ4n) is 1.42. The predicted molar refractivity (Wildman–Crippen MR) is 63.8 cm³/mol. The number of rotatable bonds is 4. The molecule has 0 aliphatic heterocycles. The molecule has 0 spiro atoms. The lowest BCUT2D eigenvalue weighted by atomic mass is 10.1. The van der Waals surface area contributed by atoms with Crippen molar-refractivity contribution in [2.24, 2.45) is 5.73 Å². The molecule has 1 aromatic rings. The molecule has 92 valence electrons. The molecule has 1 aromatic carbocycles. The topological polar surface area (TPSA) is 98.3 Å². The smallest absolute Gasteiger partial charge is 0.273 e. The number of nitrogens with one attached hydrogen (secondary N) is 1. The Morgan fingerprint density at radius 1 is 1.59 bits per heavy atom. The van der Waals surface area contributed by atoms with E-state index in [4.69, 9.17) is 5.73 Å². The van der Waals surface area contributed by atoms with E-state index in [2.05, 4.69) is 5.32 Å². The van der Waals surface area contributed by atoms with E-state index in [-0.39, 0.29) is 17.6 Å². The van der Waals surface area contributed by atoms with Crippen LogP contribution in [0.3, 0.4) is 0 Å². The van der Waals surface area contributed by atoms with Crippen LogP contribution in [0.25, 0.3) is 0 Å². The summed E-state index contributed by atoms with van der Waals surface area (Å²) in [6.07, 6.45) is 0. The first kappa shape index (κ1) is 13.1. The monoisotopic (exact) mass is 237 g/mol. The summed E-state index contributed by atoms with van der Waals surface area (Å²) in [5, 5.41) is 13.3. The summed E-state index contributed by atoms with van der Waals surface area (Å²) in [5.74, 6) is -0.344. The first-order chi connectivity index (χ1) is 7.93. The zero-order chi connectivity index (χ0) is 13.0. The van der Waals surface area contributed by atoms with Gasteiger partial charge in [0.2, 0.25) is 0 Å². The van der Waals surface area contributed by atoms with Crippen molar-refractivity contribution in [1.82, 2.24) is 5.32 Å². The fraction of sp³-hybridized carbons (Fsp3) is 0.364. The fourth-order valence-corrected chi connectivity index (χ4v) is 1.42. The number of benzene rings is 1. The molecule has 0 saturated heterocycles. The van der Waals surface area contributed by atoms with E-state index in [9.17, 15) is 14.9 Å². The highest BCUT2D eigenvalue weighted by Crippen LogP contribution is 2.20. The number of carbonyl (C=O) groups is 1. The van der Waals surface area contributed by atoms with Gasteiger partial charge < -0.3 is 11.1 Å². The summed E-state index contributed by atoms with van der Waals surface area (Å²) < 4.78 is 0. The highest BCUT2D eigenvalue weighted by molar-refractivity contribution is 5.96. The number of nitro benzene ring substituents is 1. The molecule has 1 atom stereocenters. The Morgan fingerprint density at radius 2 is 2.24 bits per heavy atom. The standard InChI is InChI=1S/C11H15N3O3/c1-7(12)6-13-11(15)9-4-3-5-10(8(9)2)14(16)17/h3-5,7H,6,12H2,1-2H3,(H,13,15). The van der Waals surface area contributed by atoms with Crippen molar-refractivity contribution >= 4 is 11.6 Å². The van der Waals surface area contributed by atoms with Gasteiger partial charge in [0.05, 0.1) is 4.92 Å². The summed E-state index contributed by atoms with van der Waals surface area (Å²) >= 11 is 0. The normalized spacial score (nSPS) is 11.9. The van der Waals surface area contributed by atoms with Crippen molar-refractivity contribution in [3.63, 3.8) is 0 Å². The number of amides is 1. The minimum Gasteiger partial charge on any atom is -0.350 e. The van der Waals surface area contributed by atoms with Crippen LogP contribution in [-0.2, 0) is 0 Å². The first-order valence-electron chi connectivity index (χ1n) is 5.21. The van der Waals surface area contributed by atoms with Gasteiger partial charge in [0.15, 0.2) is 0 Å². The Morgan fingerprint density at radius 3 is 2.76 bits per heavy atom. The van der Waals surface area contributed by atoms with E-state index in [0.29, 0.717) is 17.7 Å². The molecule has 3 N–H and O–H groups in total. The predicted octanol–water partition coefficient (Wildman–Crippen LogP) is 0.980. The number of nitrogens with two attached hydrogens (primary N) is 1. The van der Waals surface area contributed by atoms with E-state index in [1.807, 2.05) is 0 Å². The van der Waals surface area contributed by atoms with E-state index in [1.54, 1.807) is 19.9 Å². The van der Waals surface area contributed by atoms with Gasteiger partial charge in [-0.05, 0) is 19.9 Å². The Labute approximate surface area is 99.0 Å². The lowest BCUT2D eigenvalue weighted by molar-refractivity contribution is -0.385. The third-order valence-corrected chi connectivity index (χ3v) is 2.33. The molecule has 0 aliphatic rings. The van der Waals surface area contributed by atoms with Crippen molar-refractivity contribution in [3.8, 4) is 0 Å². The molecule has 0 bridgehead atoms. The van der Waals surface area contributed by atoms with Gasteiger partial charge in [0.1, 0.15) is 0 Å². The van der Waals surface area contributed by atoms with Gasteiger partial charge in [-0.2, -0.15) is 0 Å². The van der Waals surface area contributed by atoms with Gasteiger partial charge in [-0.1, -0.05) is 6.07 Å². The van der Waals surface area contributed by atoms with Crippen LogP contribution in [-0.4, -0.2) is 23.4 Å². The lowest BCUT2D eigenvalue weighted by Gasteiger charge is -2.09. The second-order valence-corrected chi connectivity index (χ2v) is 3.89. The highest BCUT2D eigenvalue weighted by Gasteiger charge is 2.17. The van der Waals surface area contributed by atoms with Crippen molar-refractivity contribution in [1.29, 1.82) is 0 Å². The number of hydrogen-bond donors (Lipinski definition) is 2. The molecule has 0 aliphatic carbocycles. The quantitative estimate of drug-likeness (QED) is 0.602. The van der Waals surface area contributed by atoms with Crippen molar-refractivity contribution in [2.75, 3.05) is 6.54 Å². The largest absolute Gasteiger partial charge is 0.350 e. The summed E-state index contributed by atoms with van der Waals surface area (Å²) in [4.78, 5) is 22.0. The Bertz CT molecular complexity index is 444. The average molecular weight is 237 g/mol. The van der Waals surface area contributed by atoms with Crippen LogP contribution in [0, 0.1) is 17.0 Å². The minimum atomic E-state index is -0.502. The SMILES string of the molecule is Cc1c(C(=O)NCC(C)N)cccc1[N+](=O)[O-]. The highest BCUT2D eigenvalue weighted by atomic mass is 16.6. The molecule has 6 heteroatoms. The van der Waals surface area contributed by atoms with Crippen LogP contribution < -0.4 is 11.1 Å².